The second-order valence-corrected chi connectivity index (χ2v) is 2.85. The van der Waals surface area contributed by atoms with Gasteiger partial charge in [-0.05, 0) is 20.0 Å². The van der Waals surface area contributed by atoms with Crippen LogP contribution in [0.3, 0.4) is 0 Å². The van der Waals surface area contributed by atoms with Crippen molar-refractivity contribution in [3.8, 4) is 6.07 Å². The van der Waals surface area contributed by atoms with Crippen LogP contribution in [0.5, 0.6) is 0 Å². The number of piperidine rings is 1. The predicted octanol–water partition coefficient (Wildman–Crippen LogP) is 0.849. The van der Waals surface area contributed by atoms with E-state index in [2.05, 4.69) is 6.07 Å². The summed E-state index contributed by atoms with van der Waals surface area (Å²) in [5.74, 6) is -0.142. The van der Waals surface area contributed by atoms with Gasteiger partial charge in [-0.1, -0.05) is 13.8 Å². The number of aliphatic hydroxyl groups excluding tert-OH is 1. The Morgan fingerprint density at radius 2 is 2.08 bits per heavy atom. The van der Waals surface area contributed by atoms with Gasteiger partial charge in [0, 0.05) is 6.54 Å². The molecule has 0 amide bonds. The van der Waals surface area contributed by atoms with Crippen LogP contribution in [0.1, 0.15) is 20.3 Å². The highest BCUT2D eigenvalue weighted by molar-refractivity contribution is 4.92. The normalized spacial score (nSPS) is 29.9. The van der Waals surface area contributed by atoms with E-state index in [1.807, 2.05) is 25.8 Å². The van der Waals surface area contributed by atoms with Crippen molar-refractivity contribution < 1.29 is 5.11 Å². The predicted molar refractivity (Wildman–Crippen MR) is 48.6 cm³/mol. The van der Waals surface area contributed by atoms with E-state index in [4.69, 9.17) is 5.26 Å². The number of nitrogens with zero attached hydrogens (tertiary/aromatic N) is 2. The number of β-amino-alcohol motifs (C(OH)–C–C–N with tert-alkyl or cyclic N) is 1. The van der Waals surface area contributed by atoms with E-state index >= 15 is 0 Å². The average molecular weight is 170 g/mol. The second kappa shape index (κ2) is 5.99. The van der Waals surface area contributed by atoms with Crippen molar-refractivity contribution in [3.63, 3.8) is 0 Å². The number of rotatable bonds is 0. The van der Waals surface area contributed by atoms with E-state index in [9.17, 15) is 5.11 Å². The van der Waals surface area contributed by atoms with E-state index in [-0.39, 0.29) is 5.92 Å². The van der Waals surface area contributed by atoms with Gasteiger partial charge in [0.25, 0.3) is 0 Å². The third-order valence-electron chi connectivity index (χ3n) is 1.95. The topological polar surface area (TPSA) is 47.3 Å². The monoisotopic (exact) mass is 170 g/mol. The van der Waals surface area contributed by atoms with Crippen LogP contribution in [0.15, 0.2) is 0 Å². The van der Waals surface area contributed by atoms with Crippen LogP contribution in [0.4, 0.5) is 0 Å². The van der Waals surface area contributed by atoms with Crippen molar-refractivity contribution in [2.45, 2.75) is 26.4 Å². The van der Waals surface area contributed by atoms with Gasteiger partial charge in [-0.3, -0.25) is 0 Å². The Morgan fingerprint density at radius 3 is 2.50 bits per heavy atom. The maximum Gasteiger partial charge on any atom is 0.0825 e. The molecule has 3 heteroatoms. The molecular weight excluding hydrogens is 152 g/mol. The Bertz CT molecular complexity index is 153. The third kappa shape index (κ3) is 3.21. The van der Waals surface area contributed by atoms with Crippen LogP contribution in [0.25, 0.3) is 0 Å². The summed E-state index contributed by atoms with van der Waals surface area (Å²) in [5.41, 5.74) is 0. The van der Waals surface area contributed by atoms with Gasteiger partial charge in [-0.25, -0.2) is 0 Å². The number of aliphatic hydroxyl groups is 1. The lowest BCUT2D eigenvalue weighted by Gasteiger charge is -2.29. The molecule has 0 aromatic rings. The fourth-order valence-electron chi connectivity index (χ4n) is 1.24. The summed E-state index contributed by atoms with van der Waals surface area (Å²) in [5, 5.41) is 17.8. The number of hydrogen-bond acceptors (Lipinski definition) is 3. The second-order valence-electron chi connectivity index (χ2n) is 2.85. The smallest absolute Gasteiger partial charge is 0.0825 e. The fourth-order valence-corrected chi connectivity index (χ4v) is 1.24. The van der Waals surface area contributed by atoms with Crippen molar-refractivity contribution in [1.29, 1.82) is 5.26 Å². The average Bonchev–Trinajstić information content (AvgIpc) is 2.08. The highest BCUT2D eigenvalue weighted by atomic mass is 16.3. The Kier molecular flexibility index (Phi) is 5.69. The number of likely N-dealkylation sites (tertiary alicyclic amines) is 1. The summed E-state index contributed by atoms with van der Waals surface area (Å²) in [6, 6.07) is 2.10. The Labute approximate surface area is 74.6 Å². The minimum absolute atomic E-state index is 0.142. The van der Waals surface area contributed by atoms with E-state index in [0.717, 1.165) is 13.0 Å². The molecule has 0 spiro atoms. The van der Waals surface area contributed by atoms with Gasteiger partial charge in [0.05, 0.1) is 18.1 Å². The van der Waals surface area contributed by atoms with Crippen LogP contribution >= 0.6 is 0 Å². The zero-order chi connectivity index (χ0) is 9.56. The molecular formula is C9H18N2O. The third-order valence-corrected chi connectivity index (χ3v) is 1.95. The molecule has 1 aliphatic rings. The van der Waals surface area contributed by atoms with E-state index in [1.54, 1.807) is 0 Å². The number of hydrogen-bond donors (Lipinski definition) is 1. The lowest BCUT2D eigenvalue weighted by Crippen LogP contribution is -2.40. The van der Waals surface area contributed by atoms with Crippen molar-refractivity contribution >= 4 is 0 Å². The molecule has 0 aliphatic carbocycles. The van der Waals surface area contributed by atoms with E-state index in [1.165, 1.54) is 0 Å². The zero-order valence-electron chi connectivity index (χ0n) is 8.12. The van der Waals surface area contributed by atoms with Gasteiger partial charge in [0.2, 0.25) is 0 Å². The molecule has 2 atom stereocenters. The Balaban J connectivity index is 0.000000561. The first kappa shape index (κ1) is 11.4. The van der Waals surface area contributed by atoms with Gasteiger partial charge in [0.15, 0.2) is 0 Å². The van der Waals surface area contributed by atoms with Gasteiger partial charge in [-0.2, -0.15) is 5.26 Å². The largest absolute Gasteiger partial charge is 0.390 e. The Hall–Kier alpha value is -0.590. The molecule has 12 heavy (non-hydrogen) atoms. The molecule has 1 saturated heterocycles. The molecule has 1 aliphatic heterocycles. The minimum Gasteiger partial charge on any atom is -0.390 e. The molecule has 0 bridgehead atoms. The molecule has 1 heterocycles. The van der Waals surface area contributed by atoms with Crippen LogP contribution < -0.4 is 0 Å². The summed E-state index contributed by atoms with van der Waals surface area (Å²) in [7, 11) is 1.96. The highest BCUT2D eigenvalue weighted by Crippen LogP contribution is 2.14. The van der Waals surface area contributed by atoms with E-state index < -0.39 is 6.10 Å². The first-order valence-electron chi connectivity index (χ1n) is 4.50. The molecule has 0 aromatic heterocycles. The number of likely N-dealkylation sites (N-methyl/N-ethyl adjacent to an activating group) is 1. The van der Waals surface area contributed by atoms with Gasteiger partial charge < -0.3 is 10.0 Å². The van der Waals surface area contributed by atoms with Crippen molar-refractivity contribution in [2.75, 3.05) is 20.1 Å². The SMILES string of the molecule is CC.CN1CCC(C#N)C(O)C1. The molecule has 2 unspecified atom stereocenters. The van der Waals surface area contributed by atoms with Crippen molar-refractivity contribution in [3.05, 3.63) is 0 Å². The van der Waals surface area contributed by atoms with Crippen molar-refractivity contribution in [1.82, 2.24) is 4.90 Å². The summed E-state index contributed by atoms with van der Waals surface area (Å²) in [4.78, 5) is 2.04. The molecule has 1 rings (SSSR count). The summed E-state index contributed by atoms with van der Waals surface area (Å²) < 4.78 is 0. The maximum atomic E-state index is 9.28. The van der Waals surface area contributed by atoms with Crippen molar-refractivity contribution in [2.24, 2.45) is 5.92 Å². The number of nitriles is 1. The highest BCUT2D eigenvalue weighted by Gasteiger charge is 2.24. The Morgan fingerprint density at radius 1 is 1.50 bits per heavy atom. The molecule has 3 nitrogen and oxygen atoms in total. The lowest BCUT2D eigenvalue weighted by atomic mass is 9.96. The quantitative estimate of drug-likeness (QED) is 0.586. The molecule has 0 radical (unpaired) electrons. The molecule has 1 fully saturated rings. The fraction of sp³-hybridized carbons (Fsp3) is 0.889. The first-order valence-corrected chi connectivity index (χ1v) is 4.50. The van der Waals surface area contributed by atoms with Crippen LogP contribution in [-0.2, 0) is 0 Å². The van der Waals surface area contributed by atoms with Crippen LogP contribution in [0.2, 0.25) is 0 Å². The van der Waals surface area contributed by atoms with Crippen LogP contribution in [0, 0.1) is 17.2 Å². The minimum atomic E-state index is -0.441. The van der Waals surface area contributed by atoms with Crippen LogP contribution in [-0.4, -0.2) is 36.2 Å². The van der Waals surface area contributed by atoms with Gasteiger partial charge >= 0.3 is 0 Å². The molecule has 0 aromatic carbocycles. The summed E-state index contributed by atoms with van der Waals surface area (Å²) in [6.07, 6.45) is 0.359. The molecule has 1 N–H and O–H groups in total. The van der Waals surface area contributed by atoms with E-state index in [0.29, 0.717) is 6.54 Å². The summed E-state index contributed by atoms with van der Waals surface area (Å²) >= 11 is 0. The zero-order valence-corrected chi connectivity index (χ0v) is 8.12. The summed E-state index contributed by atoms with van der Waals surface area (Å²) in [6.45, 7) is 5.56. The standard InChI is InChI=1S/C7H12N2O.C2H6/c1-9-3-2-6(4-8)7(10)5-9;1-2/h6-7,10H,2-3,5H2,1H3;1-2H3. The maximum absolute atomic E-state index is 9.28. The van der Waals surface area contributed by atoms with Gasteiger partial charge in [-0.15, -0.1) is 0 Å². The molecule has 0 saturated carbocycles. The lowest BCUT2D eigenvalue weighted by molar-refractivity contribution is 0.0548. The first-order chi connectivity index (χ1) is 5.74. The van der Waals surface area contributed by atoms with Gasteiger partial charge in [0.1, 0.15) is 0 Å². The molecule has 70 valence electrons.